The molecule has 0 saturated carbocycles. The molecule has 0 aromatic heterocycles. The monoisotopic (exact) mass is 477 g/mol. The predicted molar refractivity (Wildman–Crippen MR) is 126 cm³/mol. The van der Waals surface area contributed by atoms with Gasteiger partial charge >= 0.3 is 0 Å². The van der Waals surface area contributed by atoms with Crippen molar-refractivity contribution in [3.05, 3.63) is 65.0 Å². The Bertz CT molecular complexity index is 1100. The minimum absolute atomic E-state index is 0.00929. The van der Waals surface area contributed by atoms with Crippen molar-refractivity contribution < 1.29 is 18.7 Å². The van der Waals surface area contributed by atoms with Crippen LogP contribution in [-0.2, 0) is 16.1 Å². The van der Waals surface area contributed by atoms with E-state index in [9.17, 15) is 9.18 Å². The number of ether oxygens (including phenoxy) is 2. The molecular formula is C26H28FN5O3. The molecule has 2 aliphatic heterocycles. The minimum Gasteiger partial charge on any atom is -0.493 e. The van der Waals surface area contributed by atoms with E-state index in [2.05, 4.69) is 21.2 Å². The highest BCUT2D eigenvalue weighted by Gasteiger charge is 2.35. The highest BCUT2D eigenvalue weighted by Crippen LogP contribution is 2.20. The number of nitrogens with zero attached hydrogens (tertiary/aromatic N) is 4. The molecular weight excluding hydrogens is 449 g/mol. The summed E-state index contributed by atoms with van der Waals surface area (Å²) < 4.78 is 25.4. The third-order valence-electron chi connectivity index (χ3n) is 6.12. The smallest absolute Gasteiger partial charge is 0.234 e. The summed E-state index contributed by atoms with van der Waals surface area (Å²) in [5, 5.41) is 20.6. The number of nitriles is 2. The van der Waals surface area contributed by atoms with Crippen LogP contribution < -0.4 is 10.1 Å². The maximum Gasteiger partial charge on any atom is 0.234 e. The number of hydrogen-bond donors (Lipinski definition) is 1. The first kappa shape index (κ1) is 24.6. The summed E-state index contributed by atoms with van der Waals surface area (Å²) in [6.07, 6.45) is 0.910. The van der Waals surface area contributed by atoms with E-state index in [4.69, 9.17) is 20.0 Å². The van der Waals surface area contributed by atoms with Crippen molar-refractivity contribution in [1.29, 1.82) is 10.5 Å². The van der Waals surface area contributed by atoms with Crippen LogP contribution in [0.2, 0.25) is 0 Å². The van der Waals surface area contributed by atoms with Crippen molar-refractivity contribution in [2.45, 2.75) is 25.2 Å². The van der Waals surface area contributed by atoms with Crippen LogP contribution in [0.25, 0.3) is 0 Å². The number of carbonyl (C=O) groups excluding carboxylic acids is 1. The fourth-order valence-corrected chi connectivity index (χ4v) is 4.48. The highest BCUT2D eigenvalue weighted by molar-refractivity contribution is 5.78. The SMILES string of the molecule is N#Cc1ccc(CNC(=O)CN2CC3CN(CCCOc4ccc(C#N)c(F)c4)CC(C2)O3)cc1. The molecule has 2 bridgehead atoms. The topological polar surface area (TPSA) is 102 Å². The Labute approximate surface area is 204 Å². The predicted octanol–water partition coefficient (Wildman–Crippen LogP) is 2.04. The maximum absolute atomic E-state index is 13.7. The summed E-state index contributed by atoms with van der Waals surface area (Å²) in [7, 11) is 0. The molecule has 2 aliphatic rings. The van der Waals surface area contributed by atoms with Gasteiger partial charge < -0.3 is 14.8 Å². The number of carbonyl (C=O) groups is 1. The summed E-state index contributed by atoms with van der Waals surface area (Å²) in [6, 6.07) is 15.3. The molecule has 2 atom stereocenters. The third kappa shape index (κ3) is 7.00. The number of rotatable bonds is 9. The van der Waals surface area contributed by atoms with Crippen molar-refractivity contribution in [2.75, 3.05) is 45.9 Å². The normalized spacial score (nSPS) is 20.0. The number of hydrogen-bond acceptors (Lipinski definition) is 7. The van der Waals surface area contributed by atoms with Gasteiger partial charge in [-0.25, -0.2) is 4.39 Å². The van der Waals surface area contributed by atoms with Gasteiger partial charge in [0.05, 0.1) is 42.6 Å². The second-order valence-corrected chi connectivity index (χ2v) is 8.87. The van der Waals surface area contributed by atoms with Gasteiger partial charge in [-0.2, -0.15) is 10.5 Å². The summed E-state index contributed by atoms with van der Waals surface area (Å²) in [6.45, 7) is 5.09. The molecule has 2 fully saturated rings. The fourth-order valence-electron chi connectivity index (χ4n) is 4.48. The standard InChI is InChI=1S/C26H28FN5O3/c27-25-10-22(7-6-21(25)12-29)34-9-1-8-31-14-23-16-32(17-24(15-31)35-23)18-26(33)30-13-20-4-2-19(11-28)3-5-20/h2-7,10,23-24H,1,8-9,13-18H2,(H,30,33). The Hall–Kier alpha value is -3.50. The van der Waals surface area contributed by atoms with Crippen molar-refractivity contribution in [3.63, 3.8) is 0 Å². The summed E-state index contributed by atoms with van der Waals surface area (Å²) in [5.41, 5.74) is 1.57. The quantitative estimate of drug-likeness (QED) is 0.552. The van der Waals surface area contributed by atoms with Gasteiger partial charge in [-0.1, -0.05) is 12.1 Å². The molecule has 9 heteroatoms. The molecule has 8 nitrogen and oxygen atoms in total. The van der Waals surface area contributed by atoms with E-state index < -0.39 is 5.82 Å². The van der Waals surface area contributed by atoms with E-state index in [0.717, 1.165) is 31.6 Å². The van der Waals surface area contributed by atoms with Crippen LogP contribution in [-0.4, -0.2) is 73.8 Å². The van der Waals surface area contributed by atoms with Crippen LogP contribution >= 0.6 is 0 Å². The first-order chi connectivity index (χ1) is 17.0. The molecule has 2 heterocycles. The van der Waals surface area contributed by atoms with E-state index >= 15 is 0 Å². The maximum atomic E-state index is 13.7. The summed E-state index contributed by atoms with van der Waals surface area (Å²) >= 11 is 0. The van der Waals surface area contributed by atoms with Crippen LogP contribution in [0.5, 0.6) is 5.75 Å². The fraction of sp³-hybridized carbons (Fsp3) is 0.423. The van der Waals surface area contributed by atoms with Gasteiger partial charge in [-0.05, 0) is 36.2 Å². The number of halogens is 1. The molecule has 35 heavy (non-hydrogen) atoms. The minimum atomic E-state index is -0.571. The summed E-state index contributed by atoms with van der Waals surface area (Å²) in [5.74, 6) is -0.172. The average Bonchev–Trinajstić information content (AvgIpc) is 2.85. The van der Waals surface area contributed by atoms with Gasteiger partial charge in [-0.3, -0.25) is 14.6 Å². The van der Waals surface area contributed by atoms with Gasteiger partial charge in [0, 0.05) is 45.3 Å². The number of fused-ring (bicyclic) bond motifs is 2. The molecule has 2 aromatic carbocycles. The zero-order valence-corrected chi connectivity index (χ0v) is 19.5. The molecule has 2 saturated heterocycles. The zero-order valence-electron chi connectivity index (χ0n) is 19.5. The first-order valence-electron chi connectivity index (χ1n) is 11.7. The van der Waals surface area contributed by atoms with E-state index in [1.807, 2.05) is 12.1 Å². The molecule has 0 radical (unpaired) electrons. The molecule has 0 spiro atoms. The van der Waals surface area contributed by atoms with Crippen molar-refractivity contribution in [1.82, 2.24) is 15.1 Å². The van der Waals surface area contributed by atoms with Crippen LogP contribution in [0.3, 0.4) is 0 Å². The molecule has 1 amide bonds. The van der Waals surface area contributed by atoms with Crippen LogP contribution in [0, 0.1) is 28.5 Å². The molecule has 1 N–H and O–H groups in total. The Balaban J connectivity index is 1.15. The van der Waals surface area contributed by atoms with Gasteiger partial charge in [-0.15, -0.1) is 0 Å². The second kappa shape index (κ2) is 11.8. The van der Waals surface area contributed by atoms with Crippen LogP contribution in [0.1, 0.15) is 23.1 Å². The Morgan fingerprint density at radius 3 is 2.43 bits per heavy atom. The lowest BCUT2D eigenvalue weighted by Gasteiger charge is -2.45. The highest BCUT2D eigenvalue weighted by atomic mass is 19.1. The van der Waals surface area contributed by atoms with Gasteiger partial charge in [0.25, 0.3) is 0 Å². The van der Waals surface area contributed by atoms with E-state index in [1.54, 1.807) is 24.3 Å². The van der Waals surface area contributed by atoms with Crippen molar-refractivity contribution in [3.8, 4) is 17.9 Å². The summed E-state index contributed by atoms with van der Waals surface area (Å²) in [4.78, 5) is 16.9. The number of morpholine rings is 2. The Morgan fingerprint density at radius 1 is 1.06 bits per heavy atom. The molecule has 2 aromatic rings. The van der Waals surface area contributed by atoms with Gasteiger partial charge in [0.2, 0.25) is 5.91 Å². The number of amides is 1. The molecule has 2 unspecified atom stereocenters. The largest absolute Gasteiger partial charge is 0.493 e. The second-order valence-electron chi connectivity index (χ2n) is 8.87. The van der Waals surface area contributed by atoms with Gasteiger partial charge in [0.15, 0.2) is 0 Å². The Kier molecular flexibility index (Phi) is 8.27. The van der Waals surface area contributed by atoms with Crippen LogP contribution in [0.15, 0.2) is 42.5 Å². The van der Waals surface area contributed by atoms with E-state index in [-0.39, 0.29) is 23.7 Å². The average molecular weight is 478 g/mol. The van der Waals surface area contributed by atoms with Crippen LogP contribution in [0.4, 0.5) is 4.39 Å². The van der Waals surface area contributed by atoms with Gasteiger partial charge in [0.1, 0.15) is 17.6 Å². The van der Waals surface area contributed by atoms with Crippen molar-refractivity contribution >= 4 is 5.91 Å². The third-order valence-corrected chi connectivity index (χ3v) is 6.12. The van der Waals surface area contributed by atoms with E-state index in [0.29, 0.717) is 44.1 Å². The van der Waals surface area contributed by atoms with Crippen molar-refractivity contribution in [2.24, 2.45) is 0 Å². The molecule has 4 rings (SSSR count). The van der Waals surface area contributed by atoms with E-state index in [1.165, 1.54) is 12.1 Å². The zero-order chi connectivity index (χ0) is 24.6. The number of benzene rings is 2. The lowest BCUT2D eigenvalue weighted by atomic mass is 10.1. The Morgan fingerprint density at radius 2 is 1.77 bits per heavy atom. The first-order valence-corrected chi connectivity index (χ1v) is 11.7. The lowest BCUT2D eigenvalue weighted by Crippen LogP contribution is -2.60. The molecule has 182 valence electrons. The number of nitrogens with one attached hydrogen (secondary N) is 1. The molecule has 0 aliphatic carbocycles. The lowest BCUT2D eigenvalue weighted by molar-refractivity contribution is -0.145.